The molecule has 1 N–H and O–H groups in total. The van der Waals surface area contributed by atoms with Crippen molar-refractivity contribution in [2.75, 3.05) is 50.9 Å². The Labute approximate surface area is 110 Å². The van der Waals surface area contributed by atoms with Gasteiger partial charge in [0.2, 0.25) is 11.8 Å². The van der Waals surface area contributed by atoms with Gasteiger partial charge in [0.25, 0.3) is 0 Å². The zero-order valence-electron chi connectivity index (χ0n) is 10.2. The topological polar surface area (TPSA) is 70.1 Å². The number of amides is 2. The molecule has 102 valence electrons. The van der Waals surface area contributed by atoms with Crippen LogP contribution in [0.5, 0.6) is 0 Å². The summed E-state index contributed by atoms with van der Waals surface area (Å²) in [7, 11) is 0. The Morgan fingerprint density at radius 1 is 1.11 bits per heavy atom. The van der Waals surface area contributed by atoms with Gasteiger partial charge in [-0.1, -0.05) is 0 Å². The summed E-state index contributed by atoms with van der Waals surface area (Å²) >= 11 is 1.34. The molecule has 2 aliphatic heterocycles. The molecule has 0 aromatic heterocycles. The third-order valence-corrected chi connectivity index (χ3v) is 3.93. The second kappa shape index (κ2) is 6.40. The van der Waals surface area contributed by atoms with E-state index in [0.717, 1.165) is 0 Å². The molecule has 0 spiro atoms. The number of nitrogens with zero attached hydrogens (tertiary/aromatic N) is 2. The summed E-state index contributed by atoms with van der Waals surface area (Å²) in [5.74, 6) is 0.713. The van der Waals surface area contributed by atoms with Crippen LogP contribution in [0.15, 0.2) is 0 Å². The van der Waals surface area contributed by atoms with E-state index >= 15 is 0 Å². The summed E-state index contributed by atoms with van der Waals surface area (Å²) in [6, 6.07) is 0. The van der Waals surface area contributed by atoms with Crippen LogP contribution in [0.1, 0.15) is 0 Å². The summed E-state index contributed by atoms with van der Waals surface area (Å²) in [5.41, 5.74) is 0. The molecule has 2 saturated heterocycles. The highest BCUT2D eigenvalue weighted by molar-refractivity contribution is 8.00. The normalized spacial score (nSPS) is 20.7. The Kier molecular flexibility index (Phi) is 4.85. The summed E-state index contributed by atoms with van der Waals surface area (Å²) < 4.78 is 5.17. The maximum Gasteiger partial charge on any atom is 0.232 e. The lowest BCUT2D eigenvalue weighted by molar-refractivity contribution is -0.138. The van der Waals surface area contributed by atoms with Crippen LogP contribution < -0.4 is 0 Å². The molecule has 18 heavy (non-hydrogen) atoms. The average molecular weight is 274 g/mol. The van der Waals surface area contributed by atoms with E-state index in [-0.39, 0.29) is 17.9 Å². The molecule has 0 aromatic carbocycles. The Morgan fingerprint density at radius 2 is 1.67 bits per heavy atom. The van der Waals surface area contributed by atoms with E-state index in [1.165, 1.54) is 11.8 Å². The highest BCUT2D eigenvalue weighted by Gasteiger charge is 2.28. The van der Waals surface area contributed by atoms with Gasteiger partial charge in [0.1, 0.15) is 0 Å². The molecule has 0 aromatic rings. The van der Waals surface area contributed by atoms with Crippen LogP contribution in [0.3, 0.4) is 0 Å². The van der Waals surface area contributed by atoms with Gasteiger partial charge >= 0.3 is 0 Å². The molecule has 0 atom stereocenters. The molecule has 0 radical (unpaired) electrons. The smallest absolute Gasteiger partial charge is 0.232 e. The highest BCUT2D eigenvalue weighted by atomic mass is 32.2. The van der Waals surface area contributed by atoms with E-state index in [4.69, 9.17) is 9.84 Å². The third-order valence-electron chi connectivity index (χ3n) is 3.03. The van der Waals surface area contributed by atoms with E-state index in [1.807, 2.05) is 0 Å². The van der Waals surface area contributed by atoms with Gasteiger partial charge < -0.3 is 19.6 Å². The summed E-state index contributed by atoms with van der Waals surface area (Å²) in [6.07, 6.45) is -0.367. The Balaban J connectivity index is 1.59. The number of carbonyl (C=O) groups is 2. The number of likely N-dealkylation sites (tertiary alicyclic amines) is 1. The first kappa shape index (κ1) is 13.6. The zero-order chi connectivity index (χ0) is 13.0. The fourth-order valence-electron chi connectivity index (χ4n) is 1.88. The minimum atomic E-state index is -0.367. The molecule has 0 saturated carbocycles. The summed E-state index contributed by atoms with van der Waals surface area (Å²) in [5, 5.41) is 9.08. The molecule has 7 heteroatoms. The van der Waals surface area contributed by atoms with Crippen molar-refractivity contribution in [2.24, 2.45) is 0 Å². The molecule has 0 aliphatic carbocycles. The average Bonchev–Trinajstić information content (AvgIpc) is 2.35. The molecule has 2 fully saturated rings. The zero-order valence-corrected chi connectivity index (χ0v) is 11.0. The standard InChI is InChI=1S/C11H18N2O4S/c14-9-5-13(6-9)11(16)8-18-7-10(15)12-1-3-17-4-2-12/h9,14H,1-8H2. The first-order valence-corrected chi connectivity index (χ1v) is 7.21. The van der Waals surface area contributed by atoms with E-state index in [9.17, 15) is 9.59 Å². The fraction of sp³-hybridized carbons (Fsp3) is 0.818. The Hall–Kier alpha value is -0.790. The van der Waals surface area contributed by atoms with Crippen molar-refractivity contribution in [3.8, 4) is 0 Å². The number of hydrogen-bond acceptors (Lipinski definition) is 5. The Morgan fingerprint density at radius 3 is 2.22 bits per heavy atom. The lowest BCUT2D eigenvalue weighted by atomic mass is 10.2. The third kappa shape index (κ3) is 3.60. The monoisotopic (exact) mass is 274 g/mol. The molecule has 2 amide bonds. The molecule has 2 heterocycles. The predicted octanol–water partition coefficient (Wildman–Crippen LogP) is -1.22. The number of morpholine rings is 1. The molecular formula is C11H18N2O4S. The number of β-amino-alcohol motifs (C(OH)–C–C–N with tert-alkyl or cyclic N) is 1. The van der Waals surface area contributed by atoms with Gasteiger partial charge in [-0.15, -0.1) is 11.8 Å². The van der Waals surface area contributed by atoms with Crippen molar-refractivity contribution >= 4 is 23.6 Å². The van der Waals surface area contributed by atoms with E-state index < -0.39 is 0 Å². The van der Waals surface area contributed by atoms with Crippen molar-refractivity contribution in [1.82, 2.24) is 9.80 Å². The van der Waals surface area contributed by atoms with Crippen LogP contribution in [-0.4, -0.2) is 83.7 Å². The van der Waals surface area contributed by atoms with Gasteiger partial charge in [0.05, 0.1) is 30.8 Å². The lowest BCUT2D eigenvalue weighted by Gasteiger charge is -2.35. The predicted molar refractivity (Wildman–Crippen MR) is 67.3 cm³/mol. The molecule has 0 unspecified atom stereocenters. The number of ether oxygens (including phenoxy) is 1. The van der Waals surface area contributed by atoms with Crippen LogP contribution in [0, 0.1) is 0 Å². The quantitative estimate of drug-likeness (QED) is 0.696. The molecule has 2 aliphatic rings. The van der Waals surface area contributed by atoms with Gasteiger partial charge in [0.15, 0.2) is 0 Å². The van der Waals surface area contributed by atoms with Gasteiger partial charge in [-0.3, -0.25) is 9.59 Å². The maximum absolute atomic E-state index is 11.8. The first-order chi connectivity index (χ1) is 8.66. The summed E-state index contributed by atoms with van der Waals surface area (Å²) in [4.78, 5) is 26.7. The molecule has 2 rings (SSSR count). The second-order valence-corrected chi connectivity index (χ2v) is 5.42. The van der Waals surface area contributed by atoms with Gasteiger partial charge in [-0.2, -0.15) is 0 Å². The van der Waals surface area contributed by atoms with Crippen LogP contribution in [0.4, 0.5) is 0 Å². The van der Waals surface area contributed by atoms with Crippen molar-refractivity contribution in [1.29, 1.82) is 0 Å². The number of thioether (sulfide) groups is 1. The molecular weight excluding hydrogens is 256 g/mol. The van der Waals surface area contributed by atoms with E-state index in [2.05, 4.69) is 0 Å². The van der Waals surface area contributed by atoms with Crippen LogP contribution in [-0.2, 0) is 14.3 Å². The van der Waals surface area contributed by atoms with Gasteiger partial charge in [-0.25, -0.2) is 0 Å². The second-order valence-electron chi connectivity index (χ2n) is 4.44. The van der Waals surface area contributed by atoms with Crippen molar-refractivity contribution < 1.29 is 19.4 Å². The highest BCUT2D eigenvalue weighted by Crippen LogP contribution is 2.11. The number of hydrogen-bond donors (Lipinski definition) is 1. The minimum absolute atomic E-state index is 0.0000718. The first-order valence-electron chi connectivity index (χ1n) is 6.06. The summed E-state index contributed by atoms with van der Waals surface area (Å²) in [6.45, 7) is 3.34. The van der Waals surface area contributed by atoms with Crippen LogP contribution in [0.25, 0.3) is 0 Å². The van der Waals surface area contributed by atoms with E-state index in [0.29, 0.717) is 50.9 Å². The van der Waals surface area contributed by atoms with E-state index in [1.54, 1.807) is 9.80 Å². The van der Waals surface area contributed by atoms with Crippen LogP contribution in [0.2, 0.25) is 0 Å². The SMILES string of the molecule is O=C(CSCC(=O)N1CC(O)C1)N1CCOCC1. The van der Waals surface area contributed by atoms with Crippen molar-refractivity contribution in [3.63, 3.8) is 0 Å². The van der Waals surface area contributed by atoms with Crippen molar-refractivity contribution in [3.05, 3.63) is 0 Å². The fourth-order valence-corrected chi connectivity index (χ4v) is 2.70. The largest absolute Gasteiger partial charge is 0.389 e. The number of aliphatic hydroxyl groups excluding tert-OH is 1. The van der Waals surface area contributed by atoms with Gasteiger partial charge in [-0.05, 0) is 0 Å². The van der Waals surface area contributed by atoms with Crippen LogP contribution >= 0.6 is 11.8 Å². The number of aliphatic hydroxyl groups is 1. The van der Waals surface area contributed by atoms with Crippen molar-refractivity contribution in [2.45, 2.75) is 6.10 Å². The molecule has 6 nitrogen and oxygen atoms in total. The number of rotatable bonds is 4. The lowest BCUT2D eigenvalue weighted by Crippen LogP contribution is -2.54. The molecule has 0 bridgehead atoms. The maximum atomic E-state index is 11.8. The number of carbonyl (C=O) groups excluding carboxylic acids is 2. The Bertz CT molecular complexity index is 314. The van der Waals surface area contributed by atoms with Gasteiger partial charge in [0, 0.05) is 26.2 Å². The minimum Gasteiger partial charge on any atom is -0.389 e.